The largest absolute Gasteiger partial charge is 0.494 e. The number of unbranched alkanes of at least 4 members (excludes halogenated alkanes) is 7. The minimum atomic E-state index is 0.834. The Kier molecular flexibility index (Phi) is 13.3. The average molecular weight is 478 g/mol. The van der Waals surface area contributed by atoms with Crippen molar-refractivity contribution in [2.45, 2.75) is 123 Å². The highest BCUT2D eigenvalue weighted by Gasteiger charge is 2.20. The van der Waals surface area contributed by atoms with Crippen molar-refractivity contribution in [3.8, 4) is 17.0 Å². The van der Waals surface area contributed by atoms with Gasteiger partial charge in [-0.3, -0.25) is 4.98 Å². The minimum Gasteiger partial charge on any atom is -0.494 e. The summed E-state index contributed by atoms with van der Waals surface area (Å²) in [5.74, 6) is 2.92. The lowest BCUT2D eigenvalue weighted by Gasteiger charge is -2.28. The zero-order valence-electron chi connectivity index (χ0n) is 22.8. The van der Waals surface area contributed by atoms with Gasteiger partial charge in [-0.25, -0.2) is 0 Å². The highest BCUT2D eigenvalue weighted by Crippen LogP contribution is 2.34. The molecule has 0 aliphatic heterocycles. The molecule has 1 aliphatic carbocycles. The van der Waals surface area contributed by atoms with Crippen LogP contribution < -0.4 is 4.74 Å². The Morgan fingerprint density at radius 2 is 1.31 bits per heavy atom. The van der Waals surface area contributed by atoms with Crippen LogP contribution in [-0.4, -0.2) is 11.6 Å². The van der Waals surface area contributed by atoms with Gasteiger partial charge in [0.2, 0.25) is 0 Å². The summed E-state index contributed by atoms with van der Waals surface area (Å²) in [5.41, 5.74) is 3.57. The predicted octanol–water partition coefficient (Wildman–Crippen LogP) is 10.2. The van der Waals surface area contributed by atoms with E-state index in [0.29, 0.717) is 0 Å². The second kappa shape index (κ2) is 16.8. The van der Waals surface area contributed by atoms with Gasteiger partial charge < -0.3 is 4.74 Å². The van der Waals surface area contributed by atoms with Crippen LogP contribution in [0.3, 0.4) is 0 Å². The maximum Gasteiger partial charge on any atom is 0.119 e. The SMILES string of the molecule is CCCCCCCCc1ccc(-c2ccc(OCCC[C@H]3CC[C@H](CCCCC)CC3)cc2)nc1. The van der Waals surface area contributed by atoms with E-state index in [-0.39, 0.29) is 0 Å². The van der Waals surface area contributed by atoms with Crippen LogP contribution in [0.15, 0.2) is 42.6 Å². The van der Waals surface area contributed by atoms with Crippen molar-refractivity contribution in [1.82, 2.24) is 4.98 Å². The molecule has 0 atom stereocenters. The summed E-state index contributed by atoms with van der Waals surface area (Å²) in [6, 6.07) is 12.9. The summed E-state index contributed by atoms with van der Waals surface area (Å²) in [7, 11) is 0. The first-order valence-electron chi connectivity index (χ1n) is 15.0. The Morgan fingerprint density at radius 1 is 0.686 bits per heavy atom. The van der Waals surface area contributed by atoms with E-state index in [1.807, 2.05) is 0 Å². The summed E-state index contributed by atoms with van der Waals surface area (Å²) < 4.78 is 6.05. The summed E-state index contributed by atoms with van der Waals surface area (Å²) in [6.45, 7) is 5.41. The van der Waals surface area contributed by atoms with Gasteiger partial charge in [0.05, 0.1) is 12.3 Å². The van der Waals surface area contributed by atoms with E-state index >= 15 is 0 Å². The molecule has 0 amide bonds. The molecule has 0 saturated heterocycles. The molecule has 0 unspecified atom stereocenters. The fraction of sp³-hybridized carbons (Fsp3) is 0.667. The number of aryl methyl sites for hydroxylation is 1. The number of ether oxygens (including phenoxy) is 1. The topological polar surface area (TPSA) is 22.1 Å². The Bertz CT molecular complexity index is 774. The van der Waals surface area contributed by atoms with Gasteiger partial charge in [-0.05, 0) is 73.4 Å². The Balaban J connectivity index is 1.29. The highest BCUT2D eigenvalue weighted by molar-refractivity contribution is 5.60. The lowest BCUT2D eigenvalue weighted by atomic mass is 9.78. The van der Waals surface area contributed by atoms with Crippen molar-refractivity contribution in [2.75, 3.05) is 6.61 Å². The molecule has 1 aromatic carbocycles. The monoisotopic (exact) mass is 477 g/mol. The average Bonchev–Trinajstić information content (AvgIpc) is 2.90. The molecule has 194 valence electrons. The summed E-state index contributed by atoms with van der Waals surface area (Å²) >= 11 is 0. The molecule has 35 heavy (non-hydrogen) atoms. The van der Waals surface area contributed by atoms with Gasteiger partial charge in [0, 0.05) is 11.8 Å². The van der Waals surface area contributed by atoms with Crippen LogP contribution in [0.1, 0.15) is 122 Å². The first kappa shape index (κ1) is 27.8. The van der Waals surface area contributed by atoms with Crippen molar-refractivity contribution in [3.63, 3.8) is 0 Å². The Labute approximate surface area is 216 Å². The number of nitrogens with zero attached hydrogens (tertiary/aromatic N) is 1. The van der Waals surface area contributed by atoms with Crippen molar-refractivity contribution in [2.24, 2.45) is 11.8 Å². The fourth-order valence-corrected chi connectivity index (χ4v) is 5.63. The Hall–Kier alpha value is -1.83. The van der Waals surface area contributed by atoms with E-state index in [1.54, 1.807) is 0 Å². The van der Waals surface area contributed by atoms with E-state index in [1.165, 1.54) is 114 Å². The molecule has 2 aromatic rings. The van der Waals surface area contributed by atoms with Crippen molar-refractivity contribution in [3.05, 3.63) is 48.2 Å². The van der Waals surface area contributed by atoms with E-state index in [9.17, 15) is 0 Å². The van der Waals surface area contributed by atoms with Gasteiger partial charge in [-0.2, -0.15) is 0 Å². The third-order valence-corrected chi connectivity index (χ3v) is 8.00. The first-order chi connectivity index (χ1) is 17.3. The zero-order valence-corrected chi connectivity index (χ0v) is 22.8. The van der Waals surface area contributed by atoms with Crippen LogP contribution in [0.5, 0.6) is 5.75 Å². The van der Waals surface area contributed by atoms with Crippen LogP contribution in [0.4, 0.5) is 0 Å². The van der Waals surface area contributed by atoms with E-state index in [2.05, 4.69) is 56.4 Å². The molecule has 2 heteroatoms. The van der Waals surface area contributed by atoms with Crippen LogP contribution >= 0.6 is 0 Å². The van der Waals surface area contributed by atoms with Gasteiger partial charge in [-0.1, -0.05) is 103 Å². The van der Waals surface area contributed by atoms with Gasteiger partial charge in [-0.15, -0.1) is 0 Å². The molecule has 3 rings (SSSR count). The molecule has 1 aliphatic rings. The molecule has 1 fully saturated rings. The van der Waals surface area contributed by atoms with Crippen molar-refractivity contribution in [1.29, 1.82) is 0 Å². The minimum absolute atomic E-state index is 0.834. The maximum atomic E-state index is 6.05. The molecular formula is C33H51NO. The van der Waals surface area contributed by atoms with Crippen LogP contribution in [-0.2, 0) is 6.42 Å². The van der Waals surface area contributed by atoms with E-state index < -0.39 is 0 Å². The molecule has 1 heterocycles. The zero-order chi connectivity index (χ0) is 24.6. The van der Waals surface area contributed by atoms with Crippen molar-refractivity contribution >= 4 is 0 Å². The van der Waals surface area contributed by atoms with Crippen molar-refractivity contribution < 1.29 is 4.74 Å². The van der Waals surface area contributed by atoms with E-state index in [4.69, 9.17) is 9.72 Å². The lowest BCUT2D eigenvalue weighted by molar-refractivity contribution is 0.228. The molecule has 2 nitrogen and oxygen atoms in total. The first-order valence-corrected chi connectivity index (χ1v) is 15.0. The number of hydrogen-bond acceptors (Lipinski definition) is 2. The van der Waals surface area contributed by atoms with Gasteiger partial charge in [0.15, 0.2) is 0 Å². The quantitative estimate of drug-likeness (QED) is 0.211. The third kappa shape index (κ3) is 10.8. The number of benzene rings is 1. The van der Waals surface area contributed by atoms with Crippen LogP contribution in [0, 0.1) is 11.8 Å². The lowest BCUT2D eigenvalue weighted by Crippen LogP contribution is -2.15. The fourth-order valence-electron chi connectivity index (χ4n) is 5.63. The summed E-state index contributed by atoms with van der Waals surface area (Å²) in [5, 5.41) is 0. The summed E-state index contributed by atoms with van der Waals surface area (Å²) in [4.78, 5) is 4.72. The predicted molar refractivity (Wildman–Crippen MR) is 151 cm³/mol. The molecule has 0 spiro atoms. The van der Waals surface area contributed by atoms with Gasteiger partial charge in [0.1, 0.15) is 5.75 Å². The standard InChI is InChI=1S/C33H51NO/c1-3-5-7-8-9-11-14-30-20-25-33(34-27-30)31-21-23-32(24-22-31)35-26-12-15-29-18-16-28(17-19-29)13-10-6-4-2/h20-25,27-29H,3-19,26H2,1-2H3/t28-,29-. The molecule has 1 saturated carbocycles. The number of hydrogen-bond donors (Lipinski definition) is 0. The number of rotatable bonds is 17. The normalized spacial score (nSPS) is 18.0. The van der Waals surface area contributed by atoms with Crippen LogP contribution in [0.2, 0.25) is 0 Å². The third-order valence-electron chi connectivity index (χ3n) is 8.00. The number of pyridine rings is 1. The molecule has 1 aromatic heterocycles. The summed E-state index contributed by atoms with van der Waals surface area (Å²) in [6.07, 6.45) is 25.3. The number of aromatic nitrogens is 1. The molecule has 0 bridgehead atoms. The van der Waals surface area contributed by atoms with Crippen LogP contribution in [0.25, 0.3) is 11.3 Å². The highest BCUT2D eigenvalue weighted by atomic mass is 16.5. The van der Waals surface area contributed by atoms with Gasteiger partial charge in [0.25, 0.3) is 0 Å². The Morgan fingerprint density at radius 3 is 1.97 bits per heavy atom. The second-order valence-corrected chi connectivity index (χ2v) is 11.0. The maximum absolute atomic E-state index is 6.05. The second-order valence-electron chi connectivity index (χ2n) is 11.0. The molecule has 0 N–H and O–H groups in total. The molecular weight excluding hydrogens is 426 g/mol. The molecule has 0 radical (unpaired) electrons. The smallest absolute Gasteiger partial charge is 0.119 e. The van der Waals surface area contributed by atoms with Gasteiger partial charge >= 0.3 is 0 Å². The van der Waals surface area contributed by atoms with E-state index in [0.717, 1.165) is 36.3 Å².